The summed E-state index contributed by atoms with van der Waals surface area (Å²) < 4.78 is 71.1. The molecule has 106 valence electrons. The predicted octanol–water partition coefficient (Wildman–Crippen LogP) is 0.981. The number of nitrogens with two attached hydrogens (primary N) is 1. The second-order valence-corrected chi connectivity index (χ2v) is 5.01. The van der Waals surface area contributed by atoms with Crippen LogP contribution in [0.4, 0.5) is 17.6 Å². The minimum atomic E-state index is -5.23. The van der Waals surface area contributed by atoms with E-state index < -0.39 is 38.9 Å². The number of sulfonamides is 1. The highest BCUT2D eigenvalue weighted by Gasteiger charge is 2.40. The Kier molecular flexibility index (Phi) is 4.15. The minimum absolute atomic E-state index is 0.468. The van der Waals surface area contributed by atoms with Crippen molar-refractivity contribution in [1.82, 2.24) is 5.32 Å². The van der Waals surface area contributed by atoms with Crippen molar-refractivity contribution in [2.75, 3.05) is 0 Å². The van der Waals surface area contributed by atoms with E-state index in [4.69, 9.17) is 5.14 Å². The van der Waals surface area contributed by atoms with Gasteiger partial charge in [0.05, 0.1) is 4.90 Å². The maximum atomic E-state index is 13.4. The summed E-state index contributed by atoms with van der Waals surface area (Å²) in [7, 11) is -4.12. The lowest BCUT2D eigenvalue weighted by Crippen LogP contribution is -2.37. The monoisotopic (exact) mass is 300 g/mol. The lowest BCUT2D eigenvalue weighted by molar-refractivity contribution is -0.175. The fraction of sp³-hybridized carbons (Fsp3) is 0.222. The number of halogens is 4. The molecule has 10 heteroatoms. The van der Waals surface area contributed by atoms with Gasteiger partial charge in [-0.1, -0.05) is 12.1 Å². The van der Waals surface area contributed by atoms with E-state index in [-0.39, 0.29) is 0 Å². The molecule has 0 bridgehead atoms. The van der Waals surface area contributed by atoms with E-state index in [1.807, 2.05) is 0 Å². The predicted molar refractivity (Wildman–Crippen MR) is 55.9 cm³/mol. The van der Waals surface area contributed by atoms with Crippen molar-refractivity contribution in [3.63, 3.8) is 0 Å². The number of primary sulfonamides is 1. The van der Waals surface area contributed by atoms with Gasteiger partial charge in [-0.05, 0) is 12.1 Å². The maximum Gasteiger partial charge on any atom is 0.471 e. The fourth-order valence-corrected chi connectivity index (χ4v) is 1.70. The molecule has 5 nitrogen and oxygen atoms in total. The summed E-state index contributed by atoms with van der Waals surface area (Å²) in [6.45, 7) is 0. The molecule has 1 aromatic rings. The van der Waals surface area contributed by atoms with E-state index in [9.17, 15) is 30.8 Å². The molecule has 19 heavy (non-hydrogen) atoms. The van der Waals surface area contributed by atoms with E-state index in [1.54, 1.807) is 0 Å². The molecule has 0 heterocycles. The molecule has 0 saturated carbocycles. The number of hydrogen-bond acceptors (Lipinski definition) is 3. The SMILES string of the molecule is NS(=O)(=O)c1cccc(C(F)NC(=O)C(F)(F)F)c1. The molecule has 0 aliphatic carbocycles. The number of alkyl halides is 4. The molecule has 0 fully saturated rings. The number of benzene rings is 1. The fourth-order valence-electron chi connectivity index (χ4n) is 1.13. The minimum Gasteiger partial charge on any atom is -0.315 e. The summed E-state index contributed by atoms with van der Waals surface area (Å²) in [5.74, 6) is -2.47. The van der Waals surface area contributed by atoms with Crippen LogP contribution in [-0.4, -0.2) is 20.5 Å². The van der Waals surface area contributed by atoms with Crippen LogP contribution in [-0.2, 0) is 14.8 Å². The topological polar surface area (TPSA) is 89.3 Å². The van der Waals surface area contributed by atoms with Crippen LogP contribution < -0.4 is 10.5 Å². The van der Waals surface area contributed by atoms with Gasteiger partial charge < -0.3 is 5.32 Å². The van der Waals surface area contributed by atoms with Gasteiger partial charge in [0.1, 0.15) is 0 Å². The lowest BCUT2D eigenvalue weighted by atomic mass is 10.2. The number of rotatable bonds is 3. The zero-order valence-corrected chi connectivity index (χ0v) is 9.93. The van der Waals surface area contributed by atoms with Crippen molar-refractivity contribution in [1.29, 1.82) is 0 Å². The largest absolute Gasteiger partial charge is 0.471 e. The smallest absolute Gasteiger partial charge is 0.315 e. The zero-order valence-electron chi connectivity index (χ0n) is 9.11. The molecule has 1 atom stereocenters. The molecule has 1 unspecified atom stereocenters. The van der Waals surface area contributed by atoms with Gasteiger partial charge in [-0.2, -0.15) is 13.2 Å². The highest BCUT2D eigenvalue weighted by atomic mass is 32.2. The summed E-state index contributed by atoms with van der Waals surface area (Å²) in [5, 5.41) is 5.83. The second kappa shape index (κ2) is 5.13. The van der Waals surface area contributed by atoms with Crippen molar-refractivity contribution in [3.8, 4) is 0 Å². The normalized spacial score (nSPS) is 13.9. The van der Waals surface area contributed by atoms with Crippen molar-refractivity contribution in [3.05, 3.63) is 29.8 Å². The van der Waals surface area contributed by atoms with Gasteiger partial charge in [0.2, 0.25) is 10.0 Å². The second-order valence-electron chi connectivity index (χ2n) is 3.45. The lowest BCUT2D eigenvalue weighted by Gasteiger charge is -2.13. The maximum absolute atomic E-state index is 13.4. The number of nitrogens with one attached hydrogen (secondary N) is 1. The Hall–Kier alpha value is -1.68. The summed E-state index contributed by atoms with van der Waals surface area (Å²) in [6.07, 6.45) is -7.74. The molecule has 1 amide bonds. The number of carbonyl (C=O) groups is 1. The summed E-state index contributed by atoms with van der Waals surface area (Å²) in [4.78, 5) is 10.0. The number of carbonyl (C=O) groups excluding carboxylic acids is 1. The van der Waals surface area contributed by atoms with E-state index in [0.29, 0.717) is 0 Å². The Morgan fingerprint density at radius 2 is 1.89 bits per heavy atom. The summed E-state index contributed by atoms with van der Waals surface area (Å²) in [5.41, 5.74) is -0.468. The van der Waals surface area contributed by atoms with Gasteiger partial charge in [0.25, 0.3) is 0 Å². The average molecular weight is 300 g/mol. The van der Waals surface area contributed by atoms with Crippen LogP contribution >= 0.6 is 0 Å². The Balaban J connectivity index is 2.96. The van der Waals surface area contributed by atoms with Crippen LogP contribution in [0.5, 0.6) is 0 Å². The Labute approximate surface area is 105 Å². The number of hydrogen-bond donors (Lipinski definition) is 2. The highest BCUT2D eigenvalue weighted by Crippen LogP contribution is 2.21. The molecule has 0 saturated heterocycles. The van der Waals surface area contributed by atoms with E-state index in [2.05, 4.69) is 0 Å². The third-order valence-electron chi connectivity index (χ3n) is 1.99. The van der Waals surface area contributed by atoms with Gasteiger partial charge in [-0.3, -0.25) is 4.79 Å². The van der Waals surface area contributed by atoms with Crippen molar-refractivity contribution in [2.45, 2.75) is 17.4 Å². The quantitative estimate of drug-likeness (QED) is 0.644. The van der Waals surface area contributed by atoms with Crippen LogP contribution in [0.1, 0.15) is 11.9 Å². The standard InChI is InChI=1S/C9H8F4N2O3S/c10-7(15-8(16)9(11,12)13)5-2-1-3-6(4-5)19(14,17)18/h1-4,7H,(H,15,16)(H2,14,17,18). The van der Waals surface area contributed by atoms with Crippen LogP contribution in [0.15, 0.2) is 29.2 Å². The van der Waals surface area contributed by atoms with Crippen LogP contribution in [0, 0.1) is 0 Å². The molecule has 0 radical (unpaired) electrons. The molecule has 1 rings (SSSR count). The first-order chi connectivity index (χ1) is 8.51. The van der Waals surface area contributed by atoms with Gasteiger partial charge >= 0.3 is 12.1 Å². The third-order valence-corrected chi connectivity index (χ3v) is 2.91. The number of amides is 1. The molecule has 0 aromatic heterocycles. The Morgan fingerprint density at radius 3 is 2.37 bits per heavy atom. The first kappa shape index (κ1) is 15.4. The van der Waals surface area contributed by atoms with Crippen LogP contribution in [0.3, 0.4) is 0 Å². The zero-order chi connectivity index (χ0) is 14.8. The Morgan fingerprint density at radius 1 is 1.32 bits per heavy atom. The third kappa shape index (κ3) is 4.17. The van der Waals surface area contributed by atoms with Gasteiger partial charge in [0, 0.05) is 5.56 Å². The molecular weight excluding hydrogens is 292 g/mol. The van der Waals surface area contributed by atoms with Crippen molar-refractivity contribution >= 4 is 15.9 Å². The molecule has 1 aromatic carbocycles. The molecule has 0 aliphatic rings. The summed E-state index contributed by atoms with van der Waals surface area (Å²) in [6, 6.07) is 3.87. The molecular formula is C9H8F4N2O3S. The first-order valence-corrected chi connectivity index (χ1v) is 6.21. The average Bonchev–Trinajstić information content (AvgIpc) is 2.26. The van der Waals surface area contributed by atoms with Crippen molar-refractivity contribution < 1.29 is 30.8 Å². The molecule has 3 N–H and O–H groups in total. The van der Waals surface area contributed by atoms with E-state index in [0.717, 1.165) is 29.6 Å². The van der Waals surface area contributed by atoms with E-state index >= 15 is 0 Å². The van der Waals surface area contributed by atoms with Crippen LogP contribution in [0.25, 0.3) is 0 Å². The molecule has 0 aliphatic heterocycles. The van der Waals surface area contributed by atoms with Gasteiger partial charge in [-0.25, -0.2) is 17.9 Å². The van der Waals surface area contributed by atoms with Crippen LogP contribution in [0.2, 0.25) is 0 Å². The Bertz CT molecular complexity index is 585. The first-order valence-electron chi connectivity index (χ1n) is 4.66. The molecule has 0 spiro atoms. The van der Waals surface area contributed by atoms with Crippen molar-refractivity contribution in [2.24, 2.45) is 5.14 Å². The highest BCUT2D eigenvalue weighted by molar-refractivity contribution is 7.89. The van der Waals surface area contributed by atoms with E-state index in [1.165, 1.54) is 0 Å². The summed E-state index contributed by atoms with van der Waals surface area (Å²) >= 11 is 0. The van der Waals surface area contributed by atoms with Gasteiger partial charge in [-0.15, -0.1) is 0 Å². The van der Waals surface area contributed by atoms with Gasteiger partial charge in [0.15, 0.2) is 6.30 Å².